The van der Waals surface area contributed by atoms with E-state index < -0.39 is 18.0 Å². The number of hydrogen-bond acceptors (Lipinski definition) is 7. The molecule has 3 aromatic heterocycles. The number of halogens is 2. The molecule has 206 valence electrons. The number of alkyl halides is 1. The first kappa shape index (κ1) is 26.5. The molecule has 1 fully saturated rings. The number of piperidine rings is 1. The van der Waals surface area contributed by atoms with E-state index in [2.05, 4.69) is 32.5 Å². The van der Waals surface area contributed by atoms with Gasteiger partial charge in [-0.3, -0.25) is 4.79 Å². The Hall–Kier alpha value is -4.06. The van der Waals surface area contributed by atoms with Crippen LogP contribution in [0.5, 0.6) is 0 Å². The summed E-state index contributed by atoms with van der Waals surface area (Å²) in [4.78, 5) is 18.9. The number of carbonyl (C=O) groups excluding carboxylic acids is 1. The average molecular weight is 539 g/mol. The molecule has 0 bridgehead atoms. The van der Waals surface area contributed by atoms with Crippen LogP contribution in [0.25, 0.3) is 22.7 Å². The van der Waals surface area contributed by atoms with Crippen molar-refractivity contribution in [3.05, 3.63) is 60.4 Å². The largest absolute Gasteiger partial charge is 0.377 e. The van der Waals surface area contributed by atoms with Crippen molar-refractivity contribution < 1.29 is 18.1 Å². The van der Waals surface area contributed by atoms with E-state index in [0.29, 0.717) is 35.1 Å². The Labute approximate surface area is 224 Å². The van der Waals surface area contributed by atoms with Crippen molar-refractivity contribution in [1.82, 2.24) is 34.7 Å². The van der Waals surface area contributed by atoms with Crippen LogP contribution in [0, 0.1) is 0 Å². The molecule has 10 nitrogen and oxygen atoms in total. The summed E-state index contributed by atoms with van der Waals surface area (Å²) in [5, 5.41) is 14.9. The second-order valence-corrected chi connectivity index (χ2v) is 10.8. The Balaban J connectivity index is 1.37. The molecule has 12 heteroatoms. The first-order valence-electron chi connectivity index (χ1n) is 12.8. The Bertz CT molecular complexity index is 1520. The molecule has 0 radical (unpaired) electrons. The fourth-order valence-electron chi connectivity index (χ4n) is 4.66. The molecule has 39 heavy (non-hydrogen) atoms. The van der Waals surface area contributed by atoms with Gasteiger partial charge in [0.25, 0.3) is 11.9 Å². The van der Waals surface area contributed by atoms with E-state index in [9.17, 15) is 13.6 Å². The van der Waals surface area contributed by atoms with E-state index in [1.807, 2.05) is 43.5 Å². The van der Waals surface area contributed by atoms with Crippen molar-refractivity contribution in [3.63, 3.8) is 0 Å². The Morgan fingerprint density at radius 1 is 1.28 bits per heavy atom. The van der Waals surface area contributed by atoms with E-state index in [0.717, 1.165) is 6.54 Å². The zero-order valence-electron chi connectivity index (χ0n) is 22.4. The first-order valence-corrected chi connectivity index (χ1v) is 12.8. The van der Waals surface area contributed by atoms with E-state index in [1.54, 1.807) is 30.5 Å². The number of likely N-dealkylation sites (tertiary alicyclic amines) is 1. The molecule has 4 aromatic rings. The number of nitrogens with zero attached hydrogens (tertiary/aromatic N) is 6. The molecule has 4 heterocycles. The second kappa shape index (κ2) is 10.3. The molecular formula is C27H32F2N8O2. The molecule has 2 N–H and O–H groups in total. The zero-order chi connectivity index (χ0) is 27.9. The van der Waals surface area contributed by atoms with E-state index in [1.165, 1.54) is 4.68 Å². The smallest absolute Gasteiger partial charge is 0.291 e. The molecule has 1 aliphatic heterocycles. The number of anilines is 1. The lowest BCUT2D eigenvalue weighted by Crippen LogP contribution is -2.46. The van der Waals surface area contributed by atoms with Crippen molar-refractivity contribution in [3.8, 4) is 5.95 Å². The maximum Gasteiger partial charge on any atom is 0.291 e. The van der Waals surface area contributed by atoms with Gasteiger partial charge in [0.2, 0.25) is 5.89 Å². The summed E-state index contributed by atoms with van der Waals surface area (Å²) in [5.74, 6) is -0.929. The Morgan fingerprint density at radius 2 is 2.08 bits per heavy atom. The fraction of sp³-hybridized carbons (Fsp3) is 0.407. The van der Waals surface area contributed by atoms with Crippen LogP contribution >= 0.6 is 0 Å². The Morgan fingerprint density at radius 3 is 2.77 bits per heavy atom. The summed E-state index contributed by atoms with van der Waals surface area (Å²) >= 11 is 0. The number of nitrogens with one attached hydrogen (secondary N) is 2. The standard InChI is InChI=1S/C27H32F2N8O2/c1-16(28)24-18-7-6-8-21(31-20-10-11-35(5)15-19(20)29)23(18)33-37(24)26-32-22(39-34-26)13-30-25(38)17-9-12-36(14-17)27(2,3)4/h6-9,12,14,19-20,31H,1,10-11,13,15H2,2-5H3,(H,30,38)/t19-,20+/m0/s1. The Kier molecular flexibility index (Phi) is 6.98. The van der Waals surface area contributed by atoms with Crippen LogP contribution in [-0.2, 0) is 12.1 Å². The number of benzene rings is 1. The van der Waals surface area contributed by atoms with Crippen LogP contribution in [-0.4, -0.2) is 67.6 Å². The number of aromatic nitrogens is 5. The molecule has 0 saturated carbocycles. The third-order valence-electron chi connectivity index (χ3n) is 6.82. The van der Waals surface area contributed by atoms with Gasteiger partial charge in [0, 0.05) is 36.4 Å². The molecular weight excluding hydrogens is 506 g/mol. The highest BCUT2D eigenvalue weighted by Gasteiger charge is 2.29. The number of amides is 1. The van der Waals surface area contributed by atoms with Crippen LogP contribution in [0.3, 0.4) is 0 Å². The van der Waals surface area contributed by atoms with Gasteiger partial charge in [-0.2, -0.15) is 14.8 Å². The van der Waals surface area contributed by atoms with Gasteiger partial charge in [-0.25, -0.2) is 8.78 Å². The molecule has 0 unspecified atom stereocenters. The first-order chi connectivity index (χ1) is 18.5. The molecule has 1 aliphatic rings. The maximum atomic E-state index is 14.7. The fourth-order valence-corrected chi connectivity index (χ4v) is 4.66. The molecule has 5 rings (SSSR count). The molecule has 0 spiro atoms. The highest BCUT2D eigenvalue weighted by molar-refractivity contribution is 5.97. The highest BCUT2D eigenvalue weighted by atomic mass is 19.1. The number of rotatable bonds is 7. The summed E-state index contributed by atoms with van der Waals surface area (Å²) in [7, 11) is 1.89. The third-order valence-corrected chi connectivity index (χ3v) is 6.82. The summed E-state index contributed by atoms with van der Waals surface area (Å²) in [6, 6.07) is 6.57. The molecule has 1 amide bonds. The van der Waals surface area contributed by atoms with E-state index in [-0.39, 0.29) is 35.5 Å². The van der Waals surface area contributed by atoms with Crippen LogP contribution < -0.4 is 10.6 Å². The summed E-state index contributed by atoms with van der Waals surface area (Å²) in [5.41, 5.74) is 1.42. The van der Waals surface area contributed by atoms with E-state index >= 15 is 0 Å². The van der Waals surface area contributed by atoms with Crippen LogP contribution in [0.15, 0.2) is 47.8 Å². The predicted molar refractivity (Wildman–Crippen MR) is 144 cm³/mol. The zero-order valence-corrected chi connectivity index (χ0v) is 22.4. The minimum Gasteiger partial charge on any atom is -0.377 e. The van der Waals surface area contributed by atoms with Gasteiger partial charge < -0.3 is 24.6 Å². The van der Waals surface area contributed by atoms with Gasteiger partial charge in [-0.05, 0) is 51.5 Å². The average Bonchev–Trinajstić information content (AvgIpc) is 3.62. The van der Waals surface area contributed by atoms with E-state index in [4.69, 9.17) is 4.52 Å². The van der Waals surface area contributed by atoms with Crippen LogP contribution in [0.4, 0.5) is 14.5 Å². The van der Waals surface area contributed by atoms with Crippen molar-refractivity contribution in [2.45, 2.75) is 51.5 Å². The van der Waals surface area contributed by atoms with Gasteiger partial charge in [-0.15, -0.1) is 0 Å². The van der Waals surface area contributed by atoms with Gasteiger partial charge in [0.05, 0.1) is 23.8 Å². The normalized spacial score (nSPS) is 18.4. The SMILES string of the molecule is C=C(F)c1c2cccc(N[C@@H]3CCN(C)C[C@@H]3F)c2nn1-c1noc(CNC(=O)c2ccn(C(C)(C)C)c2)n1. The second-order valence-electron chi connectivity index (χ2n) is 10.8. The quantitative estimate of drug-likeness (QED) is 0.362. The topological polar surface area (TPSA) is 106 Å². The van der Waals surface area contributed by atoms with Gasteiger partial charge in [0.15, 0.2) is 0 Å². The van der Waals surface area contributed by atoms with Gasteiger partial charge >= 0.3 is 0 Å². The molecule has 0 aliphatic carbocycles. The van der Waals surface area contributed by atoms with Crippen molar-refractivity contribution >= 4 is 28.3 Å². The molecule has 1 aromatic carbocycles. The highest BCUT2D eigenvalue weighted by Crippen LogP contribution is 2.32. The lowest BCUT2D eigenvalue weighted by Gasteiger charge is -2.33. The maximum absolute atomic E-state index is 14.7. The number of fused-ring (bicyclic) bond motifs is 1. The lowest BCUT2D eigenvalue weighted by molar-refractivity contribution is 0.0946. The van der Waals surface area contributed by atoms with Crippen molar-refractivity contribution in [2.24, 2.45) is 0 Å². The van der Waals surface area contributed by atoms with Gasteiger partial charge in [-0.1, -0.05) is 18.7 Å². The predicted octanol–water partition coefficient (Wildman–Crippen LogP) is 4.29. The minimum atomic E-state index is -1.06. The van der Waals surface area contributed by atoms with Crippen LogP contribution in [0.2, 0.25) is 0 Å². The molecule has 1 saturated heterocycles. The van der Waals surface area contributed by atoms with Gasteiger partial charge in [0.1, 0.15) is 23.2 Å². The lowest BCUT2D eigenvalue weighted by atomic mass is 10.0. The monoisotopic (exact) mass is 538 g/mol. The number of hydrogen-bond donors (Lipinski definition) is 2. The summed E-state index contributed by atoms with van der Waals surface area (Å²) < 4.78 is 37.8. The summed E-state index contributed by atoms with van der Waals surface area (Å²) in [6.45, 7) is 10.7. The minimum absolute atomic E-state index is 0.0169. The molecule has 2 atom stereocenters. The van der Waals surface area contributed by atoms with Crippen molar-refractivity contribution in [1.29, 1.82) is 0 Å². The number of carbonyl (C=O) groups is 1. The summed E-state index contributed by atoms with van der Waals surface area (Å²) in [6.07, 6.45) is 3.18. The van der Waals surface area contributed by atoms with Crippen LogP contribution in [0.1, 0.15) is 49.1 Å². The third kappa shape index (κ3) is 5.42. The van der Waals surface area contributed by atoms with Crippen molar-refractivity contribution in [2.75, 3.05) is 25.5 Å².